The predicted octanol–water partition coefficient (Wildman–Crippen LogP) is 0.145. The minimum Gasteiger partial charge on any atom is -0.343 e. The molecule has 1 aliphatic carbocycles. The third-order valence-corrected chi connectivity index (χ3v) is 4.50. The molecule has 6 heteroatoms. The van der Waals surface area contributed by atoms with Gasteiger partial charge in [0, 0.05) is 51.2 Å². The first-order valence-electron chi connectivity index (χ1n) is 7.79. The number of nitrogens with one attached hydrogen (secondary N) is 2. The van der Waals surface area contributed by atoms with E-state index in [4.69, 9.17) is 0 Å². The summed E-state index contributed by atoms with van der Waals surface area (Å²) < 4.78 is 0. The minimum absolute atomic E-state index is 0.0587. The van der Waals surface area contributed by atoms with Gasteiger partial charge in [-0.05, 0) is 25.7 Å². The van der Waals surface area contributed by atoms with Crippen LogP contribution in [0.15, 0.2) is 0 Å². The maximum atomic E-state index is 12.1. The van der Waals surface area contributed by atoms with Gasteiger partial charge in [-0.15, -0.1) is 0 Å². The number of carbonyl (C=O) groups excluding carboxylic acids is 2. The van der Waals surface area contributed by atoms with Gasteiger partial charge in [0.05, 0.1) is 0 Å². The van der Waals surface area contributed by atoms with Crippen molar-refractivity contribution in [3.8, 4) is 0 Å². The number of likely N-dealkylation sites (tertiary alicyclic amines) is 1. The van der Waals surface area contributed by atoms with Gasteiger partial charge in [0.1, 0.15) is 0 Å². The molecule has 0 unspecified atom stereocenters. The molecule has 2 aliphatic heterocycles. The van der Waals surface area contributed by atoms with Crippen molar-refractivity contribution in [2.24, 2.45) is 0 Å². The normalized spacial score (nSPS) is 24.1. The van der Waals surface area contributed by atoms with Crippen molar-refractivity contribution < 1.29 is 9.59 Å². The molecule has 2 saturated heterocycles. The first kappa shape index (κ1) is 13.7. The summed E-state index contributed by atoms with van der Waals surface area (Å²) in [6.45, 7) is 3.94. The molecule has 3 amide bonds. The predicted molar refractivity (Wildman–Crippen MR) is 75.3 cm³/mol. The molecule has 2 heterocycles. The quantitative estimate of drug-likeness (QED) is 0.753. The van der Waals surface area contributed by atoms with E-state index in [1.54, 1.807) is 0 Å². The summed E-state index contributed by atoms with van der Waals surface area (Å²) in [4.78, 5) is 27.6. The van der Waals surface area contributed by atoms with Crippen LogP contribution >= 0.6 is 0 Å². The molecule has 0 spiro atoms. The van der Waals surface area contributed by atoms with E-state index < -0.39 is 0 Å². The Hall–Kier alpha value is -1.30. The van der Waals surface area contributed by atoms with E-state index in [0.29, 0.717) is 18.5 Å². The molecular weight excluding hydrogens is 256 g/mol. The topological polar surface area (TPSA) is 64.7 Å². The zero-order valence-corrected chi connectivity index (χ0v) is 11.9. The molecule has 0 radical (unpaired) electrons. The van der Waals surface area contributed by atoms with E-state index in [1.165, 1.54) is 12.8 Å². The van der Waals surface area contributed by atoms with Gasteiger partial charge >= 0.3 is 6.03 Å². The van der Waals surface area contributed by atoms with E-state index in [2.05, 4.69) is 10.6 Å². The SMILES string of the molecule is O=C(CCNC1CC1)N1CCC(N2CCNC2=O)CC1. The second-order valence-corrected chi connectivity index (χ2v) is 6.02. The molecule has 3 rings (SSSR count). The highest BCUT2D eigenvalue weighted by Gasteiger charge is 2.31. The maximum absolute atomic E-state index is 12.1. The van der Waals surface area contributed by atoms with Crippen LogP contribution in [0.5, 0.6) is 0 Å². The van der Waals surface area contributed by atoms with Crippen molar-refractivity contribution in [2.75, 3.05) is 32.7 Å². The lowest BCUT2D eigenvalue weighted by Crippen LogP contribution is -2.48. The van der Waals surface area contributed by atoms with E-state index in [0.717, 1.165) is 45.6 Å². The largest absolute Gasteiger partial charge is 0.343 e. The van der Waals surface area contributed by atoms with Crippen LogP contribution in [-0.4, -0.2) is 66.5 Å². The zero-order chi connectivity index (χ0) is 13.9. The number of nitrogens with zero attached hydrogens (tertiary/aromatic N) is 2. The number of amides is 3. The van der Waals surface area contributed by atoms with Gasteiger partial charge in [0.15, 0.2) is 0 Å². The first-order valence-corrected chi connectivity index (χ1v) is 7.79. The van der Waals surface area contributed by atoms with Crippen molar-refractivity contribution in [1.82, 2.24) is 20.4 Å². The van der Waals surface area contributed by atoms with Crippen LogP contribution in [-0.2, 0) is 4.79 Å². The van der Waals surface area contributed by atoms with Crippen LogP contribution in [0.4, 0.5) is 4.79 Å². The molecule has 3 aliphatic rings. The summed E-state index contributed by atoms with van der Waals surface area (Å²) in [7, 11) is 0. The molecule has 0 atom stereocenters. The number of rotatable bonds is 5. The van der Waals surface area contributed by atoms with Crippen LogP contribution in [0.3, 0.4) is 0 Å². The molecule has 1 saturated carbocycles. The number of piperidine rings is 1. The monoisotopic (exact) mass is 280 g/mol. The van der Waals surface area contributed by atoms with Crippen molar-refractivity contribution in [2.45, 2.75) is 44.2 Å². The smallest absolute Gasteiger partial charge is 0.317 e. The Balaban J connectivity index is 1.38. The van der Waals surface area contributed by atoms with E-state index in [9.17, 15) is 9.59 Å². The van der Waals surface area contributed by atoms with Crippen LogP contribution < -0.4 is 10.6 Å². The highest BCUT2D eigenvalue weighted by molar-refractivity contribution is 5.77. The van der Waals surface area contributed by atoms with Crippen molar-refractivity contribution >= 4 is 11.9 Å². The van der Waals surface area contributed by atoms with Crippen molar-refractivity contribution in [1.29, 1.82) is 0 Å². The van der Waals surface area contributed by atoms with Crippen LogP contribution in [0.2, 0.25) is 0 Å². The summed E-state index contributed by atoms with van der Waals surface area (Å²) in [5.74, 6) is 0.252. The lowest BCUT2D eigenvalue weighted by Gasteiger charge is -2.36. The van der Waals surface area contributed by atoms with Crippen LogP contribution in [0.1, 0.15) is 32.1 Å². The van der Waals surface area contributed by atoms with Gasteiger partial charge in [-0.1, -0.05) is 0 Å². The number of carbonyl (C=O) groups is 2. The standard InChI is InChI=1S/C14H24N4O2/c19-13(3-6-15-11-1-2-11)17-8-4-12(5-9-17)18-10-7-16-14(18)20/h11-12,15H,1-10H2,(H,16,20). The summed E-state index contributed by atoms with van der Waals surface area (Å²) in [6.07, 6.45) is 4.95. The number of urea groups is 1. The highest BCUT2D eigenvalue weighted by Crippen LogP contribution is 2.20. The molecular formula is C14H24N4O2. The van der Waals surface area contributed by atoms with Gasteiger partial charge in [-0.2, -0.15) is 0 Å². The Morgan fingerprint density at radius 2 is 1.95 bits per heavy atom. The Morgan fingerprint density at radius 3 is 2.55 bits per heavy atom. The molecule has 20 heavy (non-hydrogen) atoms. The van der Waals surface area contributed by atoms with Crippen LogP contribution in [0.25, 0.3) is 0 Å². The van der Waals surface area contributed by atoms with Gasteiger partial charge in [-0.25, -0.2) is 4.79 Å². The number of hydrogen-bond donors (Lipinski definition) is 2. The lowest BCUT2D eigenvalue weighted by atomic mass is 10.0. The maximum Gasteiger partial charge on any atom is 0.317 e. The summed E-state index contributed by atoms with van der Waals surface area (Å²) in [6, 6.07) is 1.04. The van der Waals surface area contributed by atoms with Gasteiger partial charge < -0.3 is 20.4 Å². The van der Waals surface area contributed by atoms with E-state index in [-0.39, 0.29) is 11.9 Å². The van der Waals surface area contributed by atoms with Gasteiger partial charge in [-0.3, -0.25) is 4.79 Å². The van der Waals surface area contributed by atoms with E-state index >= 15 is 0 Å². The molecule has 112 valence electrons. The molecule has 0 aromatic heterocycles. The first-order chi connectivity index (χ1) is 9.74. The average molecular weight is 280 g/mol. The van der Waals surface area contributed by atoms with Crippen molar-refractivity contribution in [3.63, 3.8) is 0 Å². The molecule has 6 nitrogen and oxygen atoms in total. The summed E-state index contributed by atoms with van der Waals surface area (Å²) >= 11 is 0. The molecule has 3 fully saturated rings. The number of hydrogen-bond acceptors (Lipinski definition) is 3. The van der Waals surface area contributed by atoms with Gasteiger partial charge in [0.25, 0.3) is 0 Å². The second kappa shape index (κ2) is 5.99. The van der Waals surface area contributed by atoms with Gasteiger partial charge in [0.2, 0.25) is 5.91 Å². The molecule has 2 N–H and O–H groups in total. The Labute approximate surface area is 119 Å². The zero-order valence-electron chi connectivity index (χ0n) is 11.9. The Morgan fingerprint density at radius 1 is 1.20 bits per heavy atom. The third-order valence-electron chi connectivity index (χ3n) is 4.50. The fourth-order valence-corrected chi connectivity index (χ4v) is 3.09. The molecule has 0 aromatic rings. The third kappa shape index (κ3) is 3.23. The summed E-state index contributed by atoms with van der Waals surface area (Å²) in [5.41, 5.74) is 0. The minimum atomic E-state index is 0.0587. The second-order valence-electron chi connectivity index (χ2n) is 6.02. The van der Waals surface area contributed by atoms with Crippen LogP contribution in [0, 0.1) is 0 Å². The fourth-order valence-electron chi connectivity index (χ4n) is 3.09. The average Bonchev–Trinajstić information content (AvgIpc) is 3.19. The Kier molecular flexibility index (Phi) is 4.10. The molecule has 0 aromatic carbocycles. The van der Waals surface area contributed by atoms with Crippen molar-refractivity contribution in [3.05, 3.63) is 0 Å². The Bertz CT molecular complexity index is 375. The summed E-state index contributed by atoms with van der Waals surface area (Å²) in [5, 5.41) is 6.22. The van der Waals surface area contributed by atoms with E-state index in [1.807, 2.05) is 9.80 Å². The molecule has 0 bridgehead atoms. The highest BCUT2D eigenvalue weighted by atomic mass is 16.2. The lowest BCUT2D eigenvalue weighted by molar-refractivity contribution is -0.132. The fraction of sp³-hybridized carbons (Fsp3) is 0.857.